The molecule has 146 valence electrons. The molecule has 3 saturated heterocycles. The van der Waals surface area contributed by atoms with E-state index in [1.807, 2.05) is 0 Å². The van der Waals surface area contributed by atoms with Gasteiger partial charge in [-0.25, -0.2) is 0 Å². The van der Waals surface area contributed by atoms with Crippen LogP contribution in [0, 0.1) is 17.8 Å². The Balaban J connectivity index is 1.03. The van der Waals surface area contributed by atoms with Crippen LogP contribution in [-0.2, 0) is 23.7 Å². The Bertz CT molecular complexity index is 495. The molecule has 3 aliphatic heterocycles. The van der Waals surface area contributed by atoms with Crippen molar-refractivity contribution >= 4 is 0 Å². The Labute approximate surface area is 156 Å². The van der Waals surface area contributed by atoms with Gasteiger partial charge in [-0.05, 0) is 69.6 Å². The maximum absolute atomic E-state index is 6.42. The van der Waals surface area contributed by atoms with Crippen LogP contribution in [0.3, 0.4) is 0 Å². The van der Waals surface area contributed by atoms with Crippen LogP contribution in [-0.4, -0.2) is 56.1 Å². The van der Waals surface area contributed by atoms with E-state index in [-0.39, 0.29) is 6.29 Å². The average Bonchev–Trinajstić information content (AvgIpc) is 3.52. The Morgan fingerprint density at radius 1 is 0.577 bits per heavy atom. The second-order valence-electron chi connectivity index (χ2n) is 9.61. The summed E-state index contributed by atoms with van der Waals surface area (Å²) in [6, 6.07) is 0. The number of rotatable bonds is 7. The molecule has 0 radical (unpaired) electrons. The van der Waals surface area contributed by atoms with Crippen LogP contribution < -0.4 is 0 Å². The van der Waals surface area contributed by atoms with Gasteiger partial charge in [0, 0.05) is 5.92 Å². The normalized spacial score (nSPS) is 52.4. The summed E-state index contributed by atoms with van der Waals surface area (Å²) in [5.41, 5.74) is 0. The highest BCUT2D eigenvalue weighted by Crippen LogP contribution is 2.44. The van der Waals surface area contributed by atoms with E-state index in [0.29, 0.717) is 54.4 Å². The molecule has 0 N–H and O–H groups in total. The molecular formula is C21H32O5. The number of fused-ring (bicyclic) bond motifs is 3. The molecule has 26 heavy (non-hydrogen) atoms. The van der Waals surface area contributed by atoms with Crippen molar-refractivity contribution in [1.82, 2.24) is 0 Å². The van der Waals surface area contributed by atoms with Crippen LogP contribution in [0.4, 0.5) is 0 Å². The molecule has 6 fully saturated rings. The first-order valence-corrected chi connectivity index (χ1v) is 11.0. The van der Waals surface area contributed by atoms with E-state index in [1.165, 1.54) is 51.4 Å². The standard InChI is InChI=1S/C21H32O5/c1-4-15-18(24-15)7-12(1)10-22-21(14-3-6-17-20(9-14)26-17)23-11-13-2-5-16-19(8-13)25-16/h12-21H,1-11H2. The van der Waals surface area contributed by atoms with Crippen molar-refractivity contribution in [3.05, 3.63) is 0 Å². The van der Waals surface area contributed by atoms with E-state index in [0.717, 1.165) is 19.6 Å². The van der Waals surface area contributed by atoms with Crippen molar-refractivity contribution < 1.29 is 23.7 Å². The molecule has 0 bridgehead atoms. The van der Waals surface area contributed by atoms with Gasteiger partial charge in [0.05, 0.1) is 49.8 Å². The topological polar surface area (TPSA) is 56.0 Å². The molecule has 9 atom stereocenters. The van der Waals surface area contributed by atoms with Gasteiger partial charge < -0.3 is 23.7 Å². The first-order chi connectivity index (χ1) is 12.8. The zero-order valence-electron chi connectivity index (χ0n) is 15.6. The average molecular weight is 364 g/mol. The van der Waals surface area contributed by atoms with Gasteiger partial charge in [0.15, 0.2) is 6.29 Å². The lowest BCUT2D eigenvalue weighted by Crippen LogP contribution is -2.35. The minimum Gasteiger partial charge on any atom is -0.370 e. The van der Waals surface area contributed by atoms with Crippen LogP contribution in [0.15, 0.2) is 0 Å². The van der Waals surface area contributed by atoms with Gasteiger partial charge in [-0.2, -0.15) is 0 Å². The Kier molecular flexibility index (Phi) is 4.31. The fraction of sp³-hybridized carbons (Fsp3) is 1.00. The molecule has 0 aromatic heterocycles. The van der Waals surface area contributed by atoms with Crippen molar-refractivity contribution in [2.24, 2.45) is 17.8 Å². The molecule has 0 aromatic rings. The molecule has 3 saturated carbocycles. The minimum absolute atomic E-state index is 0.0455. The van der Waals surface area contributed by atoms with Crippen LogP contribution >= 0.6 is 0 Å². The summed E-state index contributed by atoms with van der Waals surface area (Å²) in [4.78, 5) is 0. The number of ether oxygens (including phenoxy) is 5. The van der Waals surface area contributed by atoms with E-state index < -0.39 is 0 Å². The van der Waals surface area contributed by atoms with Crippen LogP contribution in [0.5, 0.6) is 0 Å². The van der Waals surface area contributed by atoms with E-state index in [2.05, 4.69) is 0 Å². The monoisotopic (exact) mass is 364 g/mol. The highest BCUT2D eigenvalue weighted by Gasteiger charge is 2.48. The lowest BCUT2D eigenvalue weighted by atomic mass is 9.87. The highest BCUT2D eigenvalue weighted by atomic mass is 16.7. The van der Waals surface area contributed by atoms with Gasteiger partial charge in [-0.15, -0.1) is 0 Å². The summed E-state index contributed by atoms with van der Waals surface area (Å²) in [6.07, 6.45) is 13.9. The van der Waals surface area contributed by atoms with Crippen LogP contribution in [0.1, 0.15) is 57.8 Å². The van der Waals surface area contributed by atoms with E-state index in [4.69, 9.17) is 23.7 Å². The predicted octanol–water partition coefficient (Wildman–Crippen LogP) is 3.05. The molecule has 0 amide bonds. The van der Waals surface area contributed by atoms with E-state index in [9.17, 15) is 0 Å². The number of hydrogen-bond donors (Lipinski definition) is 0. The molecule has 5 heteroatoms. The molecule has 3 aliphatic carbocycles. The molecule has 0 aromatic carbocycles. The Morgan fingerprint density at radius 3 is 1.58 bits per heavy atom. The van der Waals surface area contributed by atoms with Crippen molar-refractivity contribution in [1.29, 1.82) is 0 Å². The number of hydrogen-bond acceptors (Lipinski definition) is 5. The SMILES string of the molecule is C1CC2OC2CC1COC(OCC1CCC2OC2C1)C1CCC2OC2C1. The van der Waals surface area contributed by atoms with Gasteiger partial charge >= 0.3 is 0 Å². The van der Waals surface area contributed by atoms with E-state index in [1.54, 1.807) is 0 Å². The second kappa shape index (κ2) is 6.70. The Hall–Kier alpha value is -0.200. The largest absolute Gasteiger partial charge is 0.370 e. The lowest BCUT2D eigenvalue weighted by Gasteiger charge is -2.32. The minimum atomic E-state index is -0.0455. The predicted molar refractivity (Wildman–Crippen MR) is 93.7 cm³/mol. The second-order valence-corrected chi connectivity index (χ2v) is 9.61. The molecule has 6 aliphatic rings. The van der Waals surface area contributed by atoms with Crippen molar-refractivity contribution in [2.75, 3.05) is 13.2 Å². The third-order valence-electron chi connectivity index (χ3n) is 7.65. The summed E-state index contributed by atoms with van der Waals surface area (Å²) in [7, 11) is 0. The van der Waals surface area contributed by atoms with Gasteiger partial charge in [0.25, 0.3) is 0 Å². The maximum Gasteiger partial charge on any atom is 0.160 e. The van der Waals surface area contributed by atoms with Gasteiger partial charge in [-0.3, -0.25) is 0 Å². The van der Waals surface area contributed by atoms with Crippen LogP contribution in [0.25, 0.3) is 0 Å². The van der Waals surface area contributed by atoms with Gasteiger partial charge in [0.2, 0.25) is 0 Å². The highest BCUT2D eigenvalue weighted by molar-refractivity contribution is 4.95. The molecular weight excluding hydrogens is 332 g/mol. The summed E-state index contributed by atoms with van der Waals surface area (Å²) >= 11 is 0. The summed E-state index contributed by atoms with van der Waals surface area (Å²) < 4.78 is 29.9. The Morgan fingerprint density at radius 2 is 1.08 bits per heavy atom. The lowest BCUT2D eigenvalue weighted by molar-refractivity contribution is -0.191. The van der Waals surface area contributed by atoms with Gasteiger partial charge in [0.1, 0.15) is 0 Å². The third-order valence-corrected chi connectivity index (χ3v) is 7.65. The fourth-order valence-corrected chi connectivity index (χ4v) is 5.74. The molecule has 3 heterocycles. The van der Waals surface area contributed by atoms with E-state index >= 15 is 0 Å². The summed E-state index contributed by atoms with van der Waals surface area (Å²) in [6.45, 7) is 1.67. The summed E-state index contributed by atoms with van der Waals surface area (Å²) in [5, 5.41) is 0. The third kappa shape index (κ3) is 3.58. The maximum atomic E-state index is 6.42. The first-order valence-electron chi connectivity index (χ1n) is 11.0. The smallest absolute Gasteiger partial charge is 0.160 e. The van der Waals surface area contributed by atoms with Crippen molar-refractivity contribution in [2.45, 2.75) is 101 Å². The molecule has 9 unspecified atom stereocenters. The number of epoxide rings is 3. The van der Waals surface area contributed by atoms with Gasteiger partial charge in [-0.1, -0.05) is 0 Å². The zero-order chi connectivity index (χ0) is 17.1. The zero-order valence-corrected chi connectivity index (χ0v) is 15.6. The van der Waals surface area contributed by atoms with Crippen molar-refractivity contribution in [3.63, 3.8) is 0 Å². The molecule has 0 spiro atoms. The first kappa shape index (κ1) is 16.7. The fourth-order valence-electron chi connectivity index (χ4n) is 5.74. The molecule has 6 rings (SSSR count). The van der Waals surface area contributed by atoms with Crippen LogP contribution in [0.2, 0.25) is 0 Å². The summed E-state index contributed by atoms with van der Waals surface area (Å²) in [5.74, 6) is 1.79. The molecule has 5 nitrogen and oxygen atoms in total. The quantitative estimate of drug-likeness (QED) is 0.513. The van der Waals surface area contributed by atoms with Crippen molar-refractivity contribution in [3.8, 4) is 0 Å².